The Kier molecular flexibility index (Phi) is 6.69. The predicted octanol–water partition coefficient (Wildman–Crippen LogP) is 4.72. The first kappa shape index (κ1) is 19.9. The van der Waals surface area contributed by atoms with Gasteiger partial charge < -0.3 is 4.74 Å². The maximum absolute atomic E-state index is 13.0. The third kappa shape index (κ3) is 4.03. The Morgan fingerprint density at radius 3 is 2.32 bits per heavy atom. The Labute approximate surface area is 166 Å². The number of carbonyl (C=O) groups excluding carboxylic acids is 1. The number of esters is 1. The summed E-state index contributed by atoms with van der Waals surface area (Å²) in [5, 5.41) is 0. The van der Waals surface area contributed by atoms with Crippen LogP contribution >= 0.6 is 0 Å². The highest BCUT2D eigenvalue weighted by Gasteiger charge is 2.30. The second kappa shape index (κ2) is 9.40. The zero-order valence-electron chi connectivity index (χ0n) is 16.8. The molecule has 1 unspecified atom stereocenters. The lowest BCUT2D eigenvalue weighted by Crippen LogP contribution is -2.17. The first-order valence-corrected chi connectivity index (χ1v) is 9.95. The fourth-order valence-corrected chi connectivity index (χ4v) is 3.54. The SMILES string of the molecule is CCCCC(CC)COC(=O)C(C=NC)=C1c2cccnc2-c2ncccc21. The van der Waals surface area contributed by atoms with Crippen molar-refractivity contribution in [2.75, 3.05) is 13.7 Å². The van der Waals surface area contributed by atoms with E-state index in [-0.39, 0.29) is 5.97 Å². The summed E-state index contributed by atoms with van der Waals surface area (Å²) in [5.41, 5.74) is 4.61. The number of aromatic nitrogens is 2. The van der Waals surface area contributed by atoms with Gasteiger partial charge in [-0.25, -0.2) is 4.79 Å². The molecular weight excluding hydrogens is 350 g/mol. The highest BCUT2D eigenvalue weighted by Crippen LogP contribution is 2.43. The van der Waals surface area contributed by atoms with E-state index in [2.05, 4.69) is 28.8 Å². The molecule has 0 spiro atoms. The van der Waals surface area contributed by atoms with Crippen molar-refractivity contribution in [1.29, 1.82) is 0 Å². The van der Waals surface area contributed by atoms with Gasteiger partial charge in [-0.3, -0.25) is 15.0 Å². The number of unbranched alkanes of at least 4 members (excludes halogenated alkanes) is 1. The summed E-state index contributed by atoms with van der Waals surface area (Å²) in [5.74, 6) is 0.0438. The van der Waals surface area contributed by atoms with Gasteiger partial charge in [-0.2, -0.15) is 0 Å². The minimum Gasteiger partial charge on any atom is -0.462 e. The first-order chi connectivity index (χ1) is 13.7. The number of carbonyl (C=O) groups is 1. The van der Waals surface area contributed by atoms with Gasteiger partial charge in [0.1, 0.15) is 0 Å². The molecule has 0 saturated carbocycles. The largest absolute Gasteiger partial charge is 0.462 e. The number of hydrogen-bond donors (Lipinski definition) is 0. The average molecular weight is 377 g/mol. The molecule has 3 rings (SSSR count). The normalized spacial score (nSPS) is 13.3. The second-order valence-corrected chi connectivity index (χ2v) is 6.99. The number of rotatable bonds is 8. The van der Waals surface area contributed by atoms with Crippen LogP contribution in [0.1, 0.15) is 50.7 Å². The molecule has 0 saturated heterocycles. The lowest BCUT2D eigenvalue weighted by Gasteiger charge is -2.16. The van der Waals surface area contributed by atoms with Crippen LogP contribution in [-0.2, 0) is 9.53 Å². The number of pyridine rings is 2. The Morgan fingerprint density at radius 1 is 1.14 bits per heavy atom. The van der Waals surface area contributed by atoms with Crippen LogP contribution in [0.5, 0.6) is 0 Å². The van der Waals surface area contributed by atoms with Gasteiger partial charge in [0, 0.05) is 42.4 Å². The van der Waals surface area contributed by atoms with Crippen LogP contribution in [0.2, 0.25) is 0 Å². The second-order valence-electron chi connectivity index (χ2n) is 6.99. The van der Waals surface area contributed by atoms with Crippen molar-refractivity contribution in [3.63, 3.8) is 0 Å². The van der Waals surface area contributed by atoms with Crippen molar-refractivity contribution < 1.29 is 9.53 Å². The van der Waals surface area contributed by atoms with E-state index in [1.165, 1.54) is 0 Å². The molecule has 5 heteroatoms. The van der Waals surface area contributed by atoms with E-state index in [1.54, 1.807) is 25.7 Å². The van der Waals surface area contributed by atoms with Crippen LogP contribution in [0.15, 0.2) is 47.2 Å². The van der Waals surface area contributed by atoms with Crippen LogP contribution in [0.4, 0.5) is 0 Å². The van der Waals surface area contributed by atoms with E-state index < -0.39 is 0 Å². The number of fused-ring (bicyclic) bond motifs is 3. The van der Waals surface area contributed by atoms with E-state index >= 15 is 0 Å². The summed E-state index contributed by atoms with van der Waals surface area (Å²) in [6, 6.07) is 7.67. The molecule has 2 aromatic rings. The summed E-state index contributed by atoms with van der Waals surface area (Å²) < 4.78 is 5.72. The first-order valence-electron chi connectivity index (χ1n) is 9.95. The van der Waals surface area contributed by atoms with E-state index in [0.717, 1.165) is 53.8 Å². The number of ether oxygens (including phenoxy) is 1. The molecule has 146 valence electrons. The molecule has 28 heavy (non-hydrogen) atoms. The minimum atomic E-state index is -0.345. The summed E-state index contributed by atoms with van der Waals surface area (Å²) >= 11 is 0. The molecule has 1 aliphatic carbocycles. The highest BCUT2D eigenvalue weighted by molar-refractivity contribution is 6.21. The zero-order chi connectivity index (χ0) is 19.9. The molecule has 2 heterocycles. The maximum atomic E-state index is 13.0. The Morgan fingerprint density at radius 2 is 1.79 bits per heavy atom. The predicted molar refractivity (Wildman–Crippen MR) is 112 cm³/mol. The minimum absolute atomic E-state index is 0.345. The van der Waals surface area contributed by atoms with Gasteiger partial charge in [-0.05, 0) is 24.5 Å². The molecule has 0 radical (unpaired) electrons. The maximum Gasteiger partial charge on any atom is 0.340 e. The van der Waals surface area contributed by atoms with Gasteiger partial charge in [-0.1, -0.05) is 45.2 Å². The molecule has 0 bridgehead atoms. The third-order valence-electron chi connectivity index (χ3n) is 5.12. The van der Waals surface area contributed by atoms with Crippen molar-refractivity contribution >= 4 is 17.8 Å². The molecule has 1 atom stereocenters. The Balaban J connectivity index is 1.97. The molecule has 0 N–H and O–H groups in total. The van der Waals surface area contributed by atoms with E-state index in [1.807, 2.05) is 24.3 Å². The molecule has 1 aliphatic rings. The van der Waals surface area contributed by atoms with Gasteiger partial charge in [0.15, 0.2) is 0 Å². The van der Waals surface area contributed by atoms with E-state index in [0.29, 0.717) is 18.1 Å². The number of nitrogens with zero attached hydrogens (tertiary/aromatic N) is 3. The summed E-state index contributed by atoms with van der Waals surface area (Å²) in [7, 11) is 1.66. The van der Waals surface area contributed by atoms with Crippen LogP contribution in [0.25, 0.3) is 17.0 Å². The van der Waals surface area contributed by atoms with Crippen molar-refractivity contribution in [1.82, 2.24) is 9.97 Å². The van der Waals surface area contributed by atoms with Crippen molar-refractivity contribution in [3.05, 3.63) is 53.4 Å². The number of hydrogen-bond acceptors (Lipinski definition) is 5. The lowest BCUT2D eigenvalue weighted by molar-refractivity contribution is -0.139. The molecule has 0 amide bonds. The molecule has 5 nitrogen and oxygen atoms in total. The van der Waals surface area contributed by atoms with Crippen LogP contribution < -0.4 is 0 Å². The molecule has 0 aliphatic heterocycles. The zero-order valence-corrected chi connectivity index (χ0v) is 16.8. The summed E-state index contributed by atoms with van der Waals surface area (Å²) in [6.07, 6.45) is 9.45. The van der Waals surface area contributed by atoms with Crippen molar-refractivity contribution in [3.8, 4) is 11.4 Å². The summed E-state index contributed by atoms with van der Waals surface area (Å²) in [4.78, 5) is 26.1. The van der Waals surface area contributed by atoms with Crippen molar-refractivity contribution in [2.45, 2.75) is 39.5 Å². The molecule has 0 aromatic carbocycles. The summed E-state index contributed by atoms with van der Waals surface area (Å²) in [6.45, 7) is 4.75. The molecule has 2 aromatic heterocycles. The van der Waals surface area contributed by atoms with Gasteiger partial charge in [0.2, 0.25) is 0 Å². The molecular formula is C23H27N3O2. The van der Waals surface area contributed by atoms with E-state index in [9.17, 15) is 4.79 Å². The fraction of sp³-hybridized carbons (Fsp3) is 0.391. The van der Waals surface area contributed by atoms with Crippen molar-refractivity contribution in [2.24, 2.45) is 10.9 Å². The Bertz CT molecular complexity index is 855. The number of aliphatic imine (C=N–C) groups is 1. The van der Waals surface area contributed by atoms with Gasteiger partial charge in [-0.15, -0.1) is 0 Å². The van der Waals surface area contributed by atoms with Crippen LogP contribution in [0.3, 0.4) is 0 Å². The van der Waals surface area contributed by atoms with Gasteiger partial charge in [0.05, 0.1) is 23.6 Å². The third-order valence-corrected chi connectivity index (χ3v) is 5.12. The lowest BCUT2D eigenvalue weighted by atomic mass is 9.99. The van der Waals surface area contributed by atoms with Crippen LogP contribution in [-0.4, -0.2) is 35.8 Å². The van der Waals surface area contributed by atoms with Gasteiger partial charge >= 0.3 is 5.97 Å². The van der Waals surface area contributed by atoms with E-state index in [4.69, 9.17) is 4.74 Å². The quantitative estimate of drug-likeness (QED) is 0.324. The average Bonchev–Trinajstić information content (AvgIpc) is 3.06. The Hall–Kier alpha value is -2.82. The highest BCUT2D eigenvalue weighted by atomic mass is 16.5. The topological polar surface area (TPSA) is 64.4 Å². The smallest absolute Gasteiger partial charge is 0.340 e. The van der Waals surface area contributed by atoms with Gasteiger partial charge in [0.25, 0.3) is 0 Å². The fourth-order valence-electron chi connectivity index (χ4n) is 3.54. The molecule has 0 fully saturated rings. The standard InChI is InChI=1S/C23H27N3O2/c1-4-6-9-16(5-2)15-28-23(27)19(14-24-3)20-17-10-7-12-25-21(17)22-18(20)11-8-13-26-22/h7-8,10-14,16H,4-6,9,15H2,1-3H3. The van der Waals surface area contributed by atoms with Crippen LogP contribution in [0, 0.1) is 5.92 Å². The monoisotopic (exact) mass is 377 g/mol.